The number of hydrogen-bond acceptors (Lipinski definition) is 4. The van der Waals surface area contributed by atoms with Crippen LogP contribution in [0.25, 0.3) is 0 Å². The first-order chi connectivity index (χ1) is 12.6. The maximum atomic E-state index is 12.6. The molecule has 136 valence electrons. The Morgan fingerprint density at radius 1 is 1.08 bits per heavy atom. The summed E-state index contributed by atoms with van der Waals surface area (Å²) < 4.78 is 5.34. The van der Waals surface area contributed by atoms with Gasteiger partial charge >= 0.3 is 5.97 Å². The van der Waals surface area contributed by atoms with Crippen LogP contribution in [0.1, 0.15) is 36.9 Å². The molecule has 1 saturated heterocycles. The minimum Gasteiger partial charge on any atom is -0.464 e. The predicted molar refractivity (Wildman–Crippen MR) is 99.2 cm³/mol. The fourth-order valence-electron chi connectivity index (χ4n) is 3.27. The lowest BCUT2D eigenvalue weighted by Gasteiger charge is -2.48. The van der Waals surface area contributed by atoms with E-state index in [1.165, 1.54) is 0 Å². The zero-order valence-electron chi connectivity index (χ0n) is 14.9. The molecule has 0 spiro atoms. The minimum atomic E-state index is -0.848. The number of nitrogens with two attached hydrogens (primary N) is 1. The molecule has 0 saturated carbocycles. The lowest BCUT2D eigenvalue weighted by molar-refractivity contribution is -0.171. The summed E-state index contributed by atoms with van der Waals surface area (Å²) in [5.41, 5.74) is 7.83. The normalized spacial score (nSPS) is 19.3. The minimum absolute atomic E-state index is 0.236. The molecule has 26 heavy (non-hydrogen) atoms. The molecular weight excluding hydrogens is 328 g/mol. The smallest absolute Gasteiger partial charge is 0.331 e. The maximum absolute atomic E-state index is 12.6. The topological polar surface area (TPSA) is 72.6 Å². The van der Waals surface area contributed by atoms with Crippen molar-refractivity contribution in [1.82, 2.24) is 4.90 Å². The number of hydrogen-bond donors (Lipinski definition) is 1. The van der Waals surface area contributed by atoms with Gasteiger partial charge < -0.3 is 15.4 Å². The second-order valence-corrected chi connectivity index (χ2v) is 6.46. The number of ether oxygens (including phenoxy) is 1. The van der Waals surface area contributed by atoms with E-state index in [1.807, 2.05) is 67.6 Å². The molecule has 2 aromatic rings. The van der Waals surface area contributed by atoms with Gasteiger partial charge in [-0.05, 0) is 17.5 Å². The molecule has 2 N–H and O–H groups in total. The Labute approximate surface area is 153 Å². The van der Waals surface area contributed by atoms with E-state index in [9.17, 15) is 9.59 Å². The van der Waals surface area contributed by atoms with E-state index >= 15 is 0 Å². The Bertz CT molecular complexity index is 709. The van der Waals surface area contributed by atoms with Crippen LogP contribution < -0.4 is 5.73 Å². The van der Waals surface area contributed by atoms with Gasteiger partial charge in [0.05, 0.1) is 12.6 Å². The number of amides is 1. The summed E-state index contributed by atoms with van der Waals surface area (Å²) in [4.78, 5) is 26.7. The molecule has 2 aromatic carbocycles. The summed E-state index contributed by atoms with van der Waals surface area (Å²) >= 11 is 0. The lowest BCUT2D eigenvalue weighted by Crippen LogP contribution is -2.72. The summed E-state index contributed by atoms with van der Waals surface area (Å²) in [6.07, 6.45) is 1.73. The van der Waals surface area contributed by atoms with Gasteiger partial charge in [0.1, 0.15) is 6.04 Å². The van der Waals surface area contributed by atoms with Gasteiger partial charge in [-0.15, -0.1) is 0 Å². The average Bonchev–Trinajstić information content (AvgIpc) is 2.69. The maximum Gasteiger partial charge on any atom is 0.331 e. The van der Waals surface area contributed by atoms with Crippen molar-refractivity contribution in [2.75, 3.05) is 6.61 Å². The standard InChI is InChI=1S/C21H24N2O3/c1-2-3-14-26-21(25)19-17(22)20(24)23(19)18(15-10-6-4-7-11-15)16-12-8-5-9-13-16/h4-13,17-19H,2-3,14,22H2,1H3. The van der Waals surface area contributed by atoms with Crippen LogP contribution in [0.4, 0.5) is 0 Å². The van der Waals surface area contributed by atoms with Gasteiger partial charge in [-0.2, -0.15) is 0 Å². The van der Waals surface area contributed by atoms with Gasteiger partial charge in [0.2, 0.25) is 5.91 Å². The number of likely N-dealkylation sites (tertiary alicyclic amines) is 1. The quantitative estimate of drug-likeness (QED) is 0.472. The Morgan fingerprint density at radius 3 is 2.12 bits per heavy atom. The van der Waals surface area contributed by atoms with Gasteiger partial charge in [0, 0.05) is 0 Å². The number of esters is 1. The van der Waals surface area contributed by atoms with E-state index in [0.717, 1.165) is 24.0 Å². The molecule has 1 aliphatic heterocycles. The first kappa shape index (κ1) is 18.1. The zero-order chi connectivity index (χ0) is 18.5. The van der Waals surface area contributed by atoms with Crippen molar-refractivity contribution in [2.24, 2.45) is 5.73 Å². The summed E-state index contributed by atoms with van der Waals surface area (Å²) in [6.45, 7) is 2.38. The van der Waals surface area contributed by atoms with Gasteiger partial charge in [-0.3, -0.25) is 4.79 Å². The number of rotatable bonds is 7. The van der Waals surface area contributed by atoms with Crippen LogP contribution in [0.5, 0.6) is 0 Å². The van der Waals surface area contributed by atoms with Crippen molar-refractivity contribution in [2.45, 2.75) is 37.9 Å². The molecular formula is C21H24N2O3. The fourth-order valence-corrected chi connectivity index (χ4v) is 3.27. The van der Waals surface area contributed by atoms with E-state index in [-0.39, 0.29) is 11.9 Å². The Hall–Kier alpha value is -2.66. The molecule has 1 aliphatic rings. The van der Waals surface area contributed by atoms with Crippen LogP contribution in [0, 0.1) is 0 Å². The molecule has 1 fully saturated rings. The van der Waals surface area contributed by atoms with Crippen LogP contribution in [0.15, 0.2) is 60.7 Å². The highest BCUT2D eigenvalue weighted by Gasteiger charge is 2.53. The molecule has 1 amide bonds. The van der Waals surface area contributed by atoms with Crippen molar-refractivity contribution in [3.05, 3.63) is 71.8 Å². The van der Waals surface area contributed by atoms with Crippen LogP contribution in [0.3, 0.4) is 0 Å². The number of carbonyl (C=O) groups excluding carboxylic acids is 2. The average molecular weight is 352 g/mol. The highest BCUT2D eigenvalue weighted by atomic mass is 16.5. The first-order valence-electron chi connectivity index (χ1n) is 8.99. The van der Waals surface area contributed by atoms with Crippen LogP contribution in [0.2, 0.25) is 0 Å². The molecule has 5 nitrogen and oxygen atoms in total. The summed E-state index contributed by atoms with van der Waals surface area (Å²) in [6, 6.07) is 17.4. The summed E-state index contributed by atoms with van der Waals surface area (Å²) in [7, 11) is 0. The van der Waals surface area contributed by atoms with Crippen molar-refractivity contribution >= 4 is 11.9 Å². The highest BCUT2D eigenvalue weighted by molar-refractivity contribution is 6.00. The van der Waals surface area contributed by atoms with Crippen molar-refractivity contribution in [3.63, 3.8) is 0 Å². The van der Waals surface area contributed by atoms with E-state index < -0.39 is 18.1 Å². The summed E-state index contributed by atoms with van der Waals surface area (Å²) in [5.74, 6) is -0.664. The third-order valence-electron chi connectivity index (χ3n) is 4.67. The molecule has 3 rings (SSSR count). The molecule has 5 heteroatoms. The fraction of sp³-hybridized carbons (Fsp3) is 0.333. The molecule has 2 atom stereocenters. The van der Waals surface area contributed by atoms with E-state index in [0.29, 0.717) is 6.61 Å². The third kappa shape index (κ3) is 3.48. The number of nitrogens with zero attached hydrogens (tertiary/aromatic N) is 1. The van der Waals surface area contributed by atoms with Gasteiger partial charge in [-0.25, -0.2) is 4.79 Å². The molecule has 2 unspecified atom stereocenters. The Balaban J connectivity index is 1.92. The van der Waals surface area contributed by atoms with Crippen molar-refractivity contribution in [3.8, 4) is 0 Å². The molecule has 0 radical (unpaired) electrons. The van der Waals surface area contributed by atoms with Crippen LogP contribution in [-0.4, -0.2) is 35.5 Å². The SMILES string of the molecule is CCCCOC(=O)C1C(N)C(=O)N1C(c1ccccc1)c1ccccc1. The van der Waals surface area contributed by atoms with Crippen molar-refractivity contribution in [1.29, 1.82) is 0 Å². The van der Waals surface area contributed by atoms with E-state index in [2.05, 4.69) is 0 Å². The Kier molecular flexibility index (Phi) is 5.68. The molecule has 1 heterocycles. The number of unbranched alkanes of at least 4 members (excludes halogenated alkanes) is 1. The number of β-lactam (4-membered cyclic amide) rings is 1. The highest BCUT2D eigenvalue weighted by Crippen LogP contribution is 2.36. The molecule has 0 bridgehead atoms. The molecule has 0 aliphatic carbocycles. The van der Waals surface area contributed by atoms with E-state index in [4.69, 9.17) is 10.5 Å². The molecule has 0 aromatic heterocycles. The van der Waals surface area contributed by atoms with Crippen molar-refractivity contribution < 1.29 is 14.3 Å². The second-order valence-electron chi connectivity index (χ2n) is 6.46. The largest absolute Gasteiger partial charge is 0.464 e. The first-order valence-corrected chi connectivity index (χ1v) is 8.99. The van der Waals surface area contributed by atoms with E-state index in [1.54, 1.807) is 4.90 Å². The monoisotopic (exact) mass is 352 g/mol. The van der Waals surface area contributed by atoms with Crippen LogP contribution in [-0.2, 0) is 14.3 Å². The lowest BCUT2D eigenvalue weighted by atomic mass is 9.87. The van der Waals surface area contributed by atoms with Gasteiger partial charge in [0.25, 0.3) is 0 Å². The van der Waals surface area contributed by atoms with Gasteiger partial charge in [0.15, 0.2) is 6.04 Å². The third-order valence-corrected chi connectivity index (χ3v) is 4.67. The second kappa shape index (κ2) is 8.15. The summed E-state index contributed by atoms with van der Waals surface area (Å²) in [5, 5.41) is 0. The zero-order valence-corrected chi connectivity index (χ0v) is 14.9. The number of benzene rings is 2. The Morgan fingerprint density at radius 2 is 1.62 bits per heavy atom. The van der Waals surface area contributed by atoms with Gasteiger partial charge in [-0.1, -0.05) is 74.0 Å². The van der Waals surface area contributed by atoms with Crippen LogP contribution >= 0.6 is 0 Å². The number of carbonyl (C=O) groups is 2. The predicted octanol–water partition coefficient (Wildman–Crippen LogP) is 2.66.